The molecule has 1 amide bonds. The minimum Gasteiger partial charge on any atom is -0.369 e. The number of aryl methyl sites for hydroxylation is 1. The van der Waals surface area contributed by atoms with Crippen LogP contribution in [0.1, 0.15) is 5.56 Å². The van der Waals surface area contributed by atoms with Gasteiger partial charge in [0.05, 0.1) is 18.8 Å². The number of nitrogens with two attached hydrogens (primary N) is 1. The highest BCUT2D eigenvalue weighted by molar-refractivity contribution is 5.76. The summed E-state index contributed by atoms with van der Waals surface area (Å²) in [5, 5.41) is 0. The fourth-order valence-electron chi connectivity index (χ4n) is 2.53. The van der Waals surface area contributed by atoms with E-state index in [-0.39, 0.29) is 18.3 Å². The van der Waals surface area contributed by atoms with Crippen LogP contribution in [0, 0.1) is 19.3 Å². The molecule has 1 aliphatic rings. The van der Waals surface area contributed by atoms with Crippen LogP contribution in [0.15, 0.2) is 12.1 Å². The molecule has 0 radical (unpaired) electrons. The van der Waals surface area contributed by atoms with Crippen LogP contribution in [0.4, 0.5) is 15.8 Å². The molecule has 1 aromatic rings. The summed E-state index contributed by atoms with van der Waals surface area (Å²) < 4.78 is 14.1. The standard InChI is InChI=1S/C14H17FN4O/c1-10-7-11(17-2)8-12(15)14(10)19-5-3-18(4-6-19)9-13(16)20/h7-8H,3-6,9H2,1H3,(H2,16,20). The summed E-state index contributed by atoms with van der Waals surface area (Å²) in [6, 6.07) is 2.96. The van der Waals surface area contributed by atoms with Gasteiger partial charge in [-0.15, -0.1) is 0 Å². The van der Waals surface area contributed by atoms with Crippen molar-refractivity contribution in [2.75, 3.05) is 37.6 Å². The predicted molar refractivity (Wildman–Crippen MR) is 75.2 cm³/mol. The summed E-state index contributed by atoms with van der Waals surface area (Å²) in [5.74, 6) is -0.707. The molecule has 0 aliphatic carbocycles. The van der Waals surface area contributed by atoms with E-state index >= 15 is 0 Å². The molecule has 1 aromatic carbocycles. The Morgan fingerprint density at radius 3 is 2.55 bits per heavy atom. The summed E-state index contributed by atoms with van der Waals surface area (Å²) in [7, 11) is 0. The molecule has 1 saturated heterocycles. The number of hydrogen-bond donors (Lipinski definition) is 1. The van der Waals surface area contributed by atoms with Crippen molar-refractivity contribution in [3.05, 3.63) is 34.9 Å². The van der Waals surface area contributed by atoms with E-state index in [0.29, 0.717) is 37.6 Å². The van der Waals surface area contributed by atoms with Crippen molar-refractivity contribution in [3.63, 3.8) is 0 Å². The van der Waals surface area contributed by atoms with Crippen LogP contribution < -0.4 is 10.6 Å². The number of carbonyl (C=O) groups excluding carboxylic acids is 1. The van der Waals surface area contributed by atoms with Gasteiger partial charge in [0, 0.05) is 26.2 Å². The lowest BCUT2D eigenvalue weighted by Crippen LogP contribution is -2.49. The minimum absolute atomic E-state index is 0.242. The van der Waals surface area contributed by atoms with Crippen LogP contribution in [0.2, 0.25) is 0 Å². The maximum Gasteiger partial charge on any atom is 0.231 e. The largest absolute Gasteiger partial charge is 0.369 e. The van der Waals surface area contributed by atoms with Crippen molar-refractivity contribution < 1.29 is 9.18 Å². The van der Waals surface area contributed by atoms with Crippen LogP contribution in [-0.4, -0.2) is 43.5 Å². The van der Waals surface area contributed by atoms with E-state index in [1.165, 1.54) is 6.07 Å². The number of piperazine rings is 1. The molecule has 20 heavy (non-hydrogen) atoms. The first-order valence-corrected chi connectivity index (χ1v) is 6.44. The highest BCUT2D eigenvalue weighted by Crippen LogP contribution is 2.29. The first kappa shape index (κ1) is 14.3. The van der Waals surface area contributed by atoms with Gasteiger partial charge in [-0.05, 0) is 18.6 Å². The second-order valence-electron chi connectivity index (χ2n) is 4.93. The number of hydrogen-bond acceptors (Lipinski definition) is 3. The molecule has 0 atom stereocenters. The van der Waals surface area contributed by atoms with Gasteiger partial charge < -0.3 is 10.6 Å². The fourth-order valence-corrected chi connectivity index (χ4v) is 2.53. The number of halogens is 1. The Morgan fingerprint density at radius 2 is 2.05 bits per heavy atom. The number of anilines is 1. The number of amides is 1. The number of carbonyl (C=O) groups is 1. The SMILES string of the molecule is [C-]#[N+]c1cc(C)c(N2CCN(CC(N)=O)CC2)c(F)c1. The van der Waals surface area contributed by atoms with E-state index in [1.54, 1.807) is 6.07 Å². The van der Waals surface area contributed by atoms with E-state index in [9.17, 15) is 9.18 Å². The number of primary amides is 1. The van der Waals surface area contributed by atoms with Gasteiger partial charge in [-0.2, -0.15) is 0 Å². The van der Waals surface area contributed by atoms with Crippen molar-refractivity contribution in [1.29, 1.82) is 0 Å². The molecule has 0 spiro atoms. The third-order valence-electron chi connectivity index (χ3n) is 3.44. The molecule has 0 unspecified atom stereocenters. The molecule has 0 saturated carbocycles. The third-order valence-corrected chi connectivity index (χ3v) is 3.44. The van der Waals surface area contributed by atoms with Gasteiger partial charge in [0.2, 0.25) is 5.91 Å². The first-order valence-electron chi connectivity index (χ1n) is 6.44. The molecule has 0 aromatic heterocycles. The summed E-state index contributed by atoms with van der Waals surface area (Å²) in [6.45, 7) is 11.6. The molecular formula is C14H17FN4O. The van der Waals surface area contributed by atoms with E-state index < -0.39 is 0 Å². The molecule has 1 fully saturated rings. The maximum absolute atomic E-state index is 14.1. The maximum atomic E-state index is 14.1. The topological polar surface area (TPSA) is 53.9 Å². The van der Waals surface area contributed by atoms with Gasteiger partial charge >= 0.3 is 0 Å². The Bertz CT molecular complexity index is 536. The second-order valence-corrected chi connectivity index (χ2v) is 4.93. The van der Waals surface area contributed by atoms with Crippen molar-refractivity contribution in [2.24, 2.45) is 5.73 Å². The number of nitrogens with zero attached hydrogens (tertiary/aromatic N) is 3. The van der Waals surface area contributed by atoms with E-state index in [2.05, 4.69) is 4.85 Å². The van der Waals surface area contributed by atoms with Crippen LogP contribution in [0.3, 0.4) is 0 Å². The van der Waals surface area contributed by atoms with Crippen molar-refractivity contribution in [1.82, 2.24) is 4.90 Å². The highest BCUT2D eigenvalue weighted by atomic mass is 19.1. The van der Waals surface area contributed by atoms with Gasteiger partial charge in [-0.1, -0.05) is 6.07 Å². The molecule has 1 aliphatic heterocycles. The Labute approximate surface area is 117 Å². The lowest BCUT2D eigenvalue weighted by Gasteiger charge is -2.36. The van der Waals surface area contributed by atoms with Gasteiger partial charge in [0.15, 0.2) is 5.69 Å². The highest BCUT2D eigenvalue weighted by Gasteiger charge is 2.22. The van der Waals surface area contributed by atoms with E-state index in [1.807, 2.05) is 16.7 Å². The average molecular weight is 276 g/mol. The zero-order valence-corrected chi connectivity index (χ0v) is 11.4. The lowest BCUT2D eigenvalue weighted by molar-refractivity contribution is -0.119. The third kappa shape index (κ3) is 3.06. The zero-order chi connectivity index (χ0) is 14.7. The molecular weight excluding hydrogens is 259 g/mol. The van der Waals surface area contributed by atoms with Gasteiger partial charge in [-0.3, -0.25) is 9.69 Å². The summed E-state index contributed by atoms with van der Waals surface area (Å²) in [4.78, 5) is 18.0. The molecule has 1 heterocycles. The number of rotatable bonds is 3. The first-order chi connectivity index (χ1) is 9.51. The molecule has 5 nitrogen and oxygen atoms in total. The molecule has 2 rings (SSSR count). The zero-order valence-electron chi connectivity index (χ0n) is 11.4. The Hall–Kier alpha value is -2.13. The summed E-state index contributed by atoms with van der Waals surface area (Å²) in [6.07, 6.45) is 0. The molecule has 6 heteroatoms. The smallest absolute Gasteiger partial charge is 0.231 e. The molecule has 106 valence electrons. The normalized spacial score (nSPS) is 15.9. The molecule has 0 bridgehead atoms. The Kier molecular flexibility index (Phi) is 4.20. The van der Waals surface area contributed by atoms with Gasteiger partial charge in [0.25, 0.3) is 0 Å². The van der Waals surface area contributed by atoms with E-state index in [4.69, 9.17) is 12.3 Å². The fraction of sp³-hybridized carbons (Fsp3) is 0.429. The van der Waals surface area contributed by atoms with Crippen molar-refractivity contribution in [2.45, 2.75) is 6.92 Å². The quantitative estimate of drug-likeness (QED) is 0.846. The average Bonchev–Trinajstić information content (AvgIpc) is 2.39. The Balaban J connectivity index is 2.11. The predicted octanol–water partition coefficient (Wildman–Crippen LogP) is 1.29. The lowest BCUT2D eigenvalue weighted by atomic mass is 10.1. The van der Waals surface area contributed by atoms with Gasteiger partial charge in [-0.25, -0.2) is 9.24 Å². The van der Waals surface area contributed by atoms with Gasteiger partial charge in [0.1, 0.15) is 5.82 Å². The molecule has 2 N–H and O–H groups in total. The van der Waals surface area contributed by atoms with Crippen LogP contribution >= 0.6 is 0 Å². The number of benzene rings is 1. The van der Waals surface area contributed by atoms with Crippen molar-refractivity contribution >= 4 is 17.3 Å². The van der Waals surface area contributed by atoms with Crippen LogP contribution in [-0.2, 0) is 4.79 Å². The second kappa shape index (κ2) is 5.88. The monoisotopic (exact) mass is 276 g/mol. The van der Waals surface area contributed by atoms with Crippen LogP contribution in [0.25, 0.3) is 4.85 Å². The van der Waals surface area contributed by atoms with E-state index in [0.717, 1.165) is 5.56 Å². The summed E-state index contributed by atoms with van der Waals surface area (Å²) in [5.41, 5.74) is 6.80. The van der Waals surface area contributed by atoms with Crippen LogP contribution in [0.5, 0.6) is 0 Å². The minimum atomic E-state index is -0.362. The summed E-state index contributed by atoms with van der Waals surface area (Å²) >= 11 is 0. The Morgan fingerprint density at radius 1 is 1.40 bits per heavy atom. The van der Waals surface area contributed by atoms with Crippen molar-refractivity contribution in [3.8, 4) is 0 Å².